The van der Waals surface area contributed by atoms with Gasteiger partial charge >= 0.3 is 6.03 Å². The maximum Gasteiger partial charge on any atom is 0.319 e. The zero-order valence-corrected chi connectivity index (χ0v) is 11.2. The van der Waals surface area contributed by atoms with E-state index in [9.17, 15) is 4.79 Å². The van der Waals surface area contributed by atoms with Crippen molar-refractivity contribution in [3.8, 4) is 0 Å². The molecule has 0 bridgehead atoms. The number of pyridine rings is 1. The lowest BCUT2D eigenvalue weighted by molar-refractivity contribution is 0.187. The highest BCUT2D eigenvalue weighted by molar-refractivity contribution is 5.89. The highest BCUT2D eigenvalue weighted by Crippen LogP contribution is 2.11. The number of carbonyl (C=O) groups is 1. The van der Waals surface area contributed by atoms with Crippen LogP contribution in [-0.4, -0.2) is 42.4 Å². The average molecular weight is 252 g/mol. The smallest absolute Gasteiger partial charge is 0.319 e. The van der Waals surface area contributed by atoms with Gasteiger partial charge in [0.15, 0.2) is 0 Å². The summed E-state index contributed by atoms with van der Waals surface area (Å²) in [6.07, 6.45) is 1.58. The quantitative estimate of drug-likeness (QED) is 0.748. The Morgan fingerprint density at radius 3 is 2.56 bits per heavy atom. The fourth-order valence-electron chi connectivity index (χ4n) is 1.23. The molecule has 0 unspecified atom stereocenters. The molecule has 0 aliphatic carbocycles. The maximum atomic E-state index is 11.6. The molecular weight excluding hydrogens is 232 g/mol. The average Bonchev–Trinajstić information content (AvgIpc) is 2.29. The number of rotatable bonds is 4. The number of aliphatic hydroxyl groups excluding tert-OH is 1. The summed E-state index contributed by atoms with van der Waals surface area (Å²) in [5, 5.41) is 14.4. The SMILES string of the molecule is CN(C)c1ccc(NC(=O)NC(C)(C)CO)cn1. The Hall–Kier alpha value is -1.82. The molecule has 1 rings (SSSR count). The Morgan fingerprint density at radius 1 is 1.44 bits per heavy atom. The number of amides is 2. The molecule has 2 amide bonds. The molecule has 0 atom stereocenters. The highest BCUT2D eigenvalue weighted by Gasteiger charge is 2.18. The van der Waals surface area contributed by atoms with E-state index >= 15 is 0 Å². The Morgan fingerprint density at radius 2 is 2.11 bits per heavy atom. The van der Waals surface area contributed by atoms with E-state index in [1.807, 2.05) is 25.1 Å². The van der Waals surface area contributed by atoms with E-state index in [-0.39, 0.29) is 12.6 Å². The molecular formula is C12H20N4O2. The third kappa shape index (κ3) is 4.21. The van der Waals surface area contributed by atoms with Crippen LogP contribution >= 0.6 is 0 Å². The topological polar surface area (TPSA) is 77.5 Å². The van der Waals surface area contributed by atoms with Gasteiger partial charge < -0.3 is 20.6 Å². The van der Waals surface area contributed by atoms with Gasteiger partial charge in [-0.3, -0.25) is 0 Å². The van der Waals surface area contributed by atoms with Gasteiger partial charge in [0, 0.05) is 14.1 Å². The van der Waals surface area contributed by atoms with Gasteiger partial charge in [-0.1, -0.05) is 0 Å². The molecule has 18 heavy (non-hydrogen) atoms. The third-order valence-corrected chi connectivity index (χ3v) is 2.31. The third-order valence-electron chi connectivity index (χ3n) is 2.31. The molecule has 0 saturated heterocycles. The molecule has 0 spiro atoms. The van der Waals surface area contributed by atoms with Gasteiger partial charge in [0.1, 0.15) is 5.82 Å². The number of hydrogen-bond donors (Lipinski definition) is 3. The summed E-state index contributed by atoms with van der Waals surface area (Å²) in [5.41, 5.74) is -0.0481. The summed E-state index contributed by atoms with van der Waals surface area (Å²) in [7, 11) is 3.79. The van der Waals surface area contributed by atoms with Crippen molar-refractivity contribution in [1.82, 2.24) is 10.3 Å². The van der Waals surface area contributed by atoms with Gasteiger partial charge in [0.05, 0.1) is 24.0 Å². The molecule has 3 N–H and O–H groups in total. The molecule has 1 heterocycles. The fourth-order valence-corrected chi connectivity index (χ4v) is 1.23. The lowest BCUT2D eigenvalue weighted by atomic mass is 10.1. The summed E-state index contributed by atoms with van der Waals surface area (Å²) in [4.78, 5) is 17.7. The Bertz CT molecular complexity index is 401. The number of nitrogens with one attached hydrogen (secondary N) is 2. The first kappa shape index (κ1) is 14.2. The standard InChI is InChI=1S/C12H20N4O2/c1-12(2,8-17)15-11(18)14-9-5-6-10(13-7-9)16(3)4/h5-7,17H,8H2,1-4H3,(H2,14,15,18). The second-order valence-corrected chi connectivity index (χ2v) is 4.92. The van der Waals surface area contributed by atoms with Crippen LogP contribution in [-0.2, 0) is 0 Å². The summed E-state index contributed by atoms with van der Waals surface area (Å²) < 4.78 is 0. The summed E-state index contributed by atoms with van der Waals surface area (Å²) in [6.45, 7) is 3.35. The van der Waals surface area contributed by atoms with Crippen molar-refractivity contribution in [3.63, 3.8) is 0 Å². The molecule has 0 aliphatic heterocycles. The molecule has 100 valence electrons. The Kier molecular flexibility index (Phi) is 4.49. The predicted octanol–water partition coefficient (Wildman–Crippen LogP) is 1.04. The van der Waals surface area contributed by atoms with Gasteiger partial charge in [-0.15, -0.1) is 0 Å². The summed E-state index contributed by atoms with van der Waals surface area (Å²) >= 11 is 0. The van der Waals surface area contributed by atoms with Crippen LogP contribution in [0.25, 0.3) is 0 Å². The van der Waals surface area contributed by atoms with E-state index in [4.69, 9.17) is 5.11 Å². The van der Waals surface area contributed by atoms with E-state index < -0.39 is 5.54 Å². The van der Waals surface area contributed by atoms with Crippen molar-refractivity contribution in [2.75, 3.05) is 30.9 Å². The number of aromatic nitrogens is 1. The van der Waals surface area contributed by atoms with Gasteiger partial charge in [0.25, 0.3) is 0 Å². The van der Waals surface area contributed by atoms with Crippen LogP contribution in [0, 0.1) is 0 Å². The number of nitrogens with zero attached hydrogens (tertiary/aromatic N) is 2. The summed E-state index contributed by atoms with van der Waals surface area (Å²) in [5.74, 6) is 0.816. The first-order valence-electron chi connectivity index (χ1n) is 5.67. The number of anilines is 2. The van der Waals surface area contributed by atoms with Gasteiger partial charge in [-0.2, -0.15) is 0 Å². The second kappa shape index (κ2) is 5.68. The van der Waals surface area contributed by atoms with Crippen LogP contribution in [0.15, 0.2) is 18.3 Å². The van der Waals surface area contributed by atoms with Crippen LogP contribution < -0.4 is 15.5 Å². The minimum absolute atomic E-state index is 0.127. The van der Waals surface area contributed by atoms with Gasteiger partial charge in [0.2, 0.25) is 0 Å². The van der Waals surface area contributed by atoms with Crippen molar-refractivity contribution < 1.29 is 9.90 Å². The molecule has 1 aromatic rings. The summed E-state index contributed by atoms with van der Waals surface area (Å²) in [6, 6.07) is 3.22. The van der Waals surface area contributed by atoms with E-state index in [1.165, 1.54) is 0 Å². The molecule has 6 heteroatoms. The fraction of sp³-hybridized carbons (Fsp3) is 0.500. The maximum absolute atomic E-state index is 11.6. The van der Waals surface area contributed by atoms with Crippen LogP contribution in [0.5, 0.6) is 0 Å². The van der Waals surface area contributed by atoms with Crippen molar-refractivity contribution in [2.45, 2.75) is 19.4 Å². The molecule has 0 fully saturated rings. The normalized spacial score (nSPS) is 10.9. The van der Waals surface area contributed by atoms with Crippen LogP contribution in [0.4, 0.5) is 16.3 Å². The van der Waals surface area contributed by atoms with Gasteiger partial charge in [-0.05, 0) is 26.0 Å². The second-order valence-electron chi connectivity index (χ2n) is 4.92. The first-order valence-corrected chi connectivity index (χ1v) is 5.67. The van der Waals surface area contributed by atoms with E-state index in [2.05, 4.69) is 15.6 Å². The van der Waals surface area contributed by atoms with E-state index in [0.717, 1.165) is 5.82 Å². The predicted molar refractivity (Wildman–Crippen MR) is 71.9 cm³/mol. The molecule has 0 saturated carbocycles. The molecule has 0 aromatic carbocycles. The lowest BCUT2D eigenvalue weighted by Gasteiger charge is -2.23. The molecule has 1 aromatic heterocycles. The number of urea groups is 1. The lowest BCUT2D eigenvalue weighted by Crippen LogP contribution is -2.48. The van der Waals surface area contributed by atoms with Crippen LogP contribution in [0.2, 0.25) is 0 Å². The van der Waals surface area contributed by atoms with Crippen molar-refractivity contribution in [2.24, 2.45) is 0 Å². The number of carbonyl (C=O) groups excluding carboxylic acids is 1. The van der Waals surface area contributed by atoms with Crippen molar-refractivity contribution in [1.29, 1.82) is 0 Å². The van der Waals surface area contributed by atoms with Crippen molar-refractivity contribution >= 4 is 17.5 Å². The molecule has 0 aliphatic rings. The zero-order chi connectivity index (χ0) is 13.8. The van der Waals surface area contributed by atoms with E-state index in [1.54, 1.807) is 26.1 Å². The Balaban J connectivity index is 2.60. The number of aliphatic hydroxyl groups is 1. The van der Waals surface area contributed by atoms with E-state index in [0.29, 0.717) is 5.69 Å². The minimum Gasteiger partial charge on any atom is -0.394 e. The first-order chi connectivity index (χ1) is 8.34. The Labute approximate surface area is 107 Å². The molecule has 0 radical (unpaired) electrons. The monoisotopic (exact) mass is 252 g/mol. The van der Waals surface area contributed by atoms with Gasteiger partial charge in [-0.25, -0.2) is 9.78 Å². The number of hydrogen-bond acceptors (Lipinski definition) is 4. The van der Waals surface area contributed by atoms with Crippen LogP contribution in [0.1, 0.15) is 13.8 Å². The molecule has 6 nitrogen and oxygen atoms in total. The van der Waals surface area contributed by atoms with Crippen LogP contribution in [0.3, 0.4) is 0 Å². The zero-order valence-electron chi connectivity index (χ0n) is 11.2. The minimum atomic E-state index is -0.652. The largest absolute Gasteiger partial charge is 0.394 e. The van der Waals surface area contributed by atoms with Crippen molar-refractivity contribution in [3.05, 3.63) is 18.3 Å². The highest BCUT2D eigenvalue weighted by atomic mass is 16.3.